The predicted octanol–water partition coefficient (Wildman–Crippen LogP) is -0.397. The molecule has 0 saturated heterocycles. The van der Waals surface area contributed by atoms with Crippen molar-refractivity contribution in [3.05, 3.63) is 17.7 Å². The third-order valence-corrected chi connectivity index (χ3v) is 3.90. The van der Waals surface area contributed by atoms with Gasteiger partial charge in [-0.05, 0) is 0 Å². The van der Waals surface area contributed by atoms with Gasteiger partial charge >= 0.3 is 93.0 Å². The van der Waals surface area contributed by atoms with E-state index in [0.29, 0.717) is 0 Å². The quantitative estimate of drug-likeness (QED) is 0.581. The van der Waals surface area contributed by atoms with Crippen LogP contribution >= 0.6 is 0 Å². The molecule has 2 N–H and O–H groups in total. The molecule has 6 nitrogen and oxygen atoms in total. The second-order valence-electron chi connectivity index (χ2n) is 3.02. The molecule has 0 heterocycles. The van der Waals surface area contributed by atoms with Crippen LogP contribution in [0.3, 0.4) is 0 Å². The summed E-state index contributed by atoms with van der Waals surface area (Å²) in [5.41, 5.74) is -0.259. The van der Waals surface area contributed by atoms with E-state index in [1.165, 1.54) is 19.2 Å². The van der Waals surface area contributed by atoms with Crippen LogP contribution in [-0.4, -0.2) is 35.2 Å². The van der Waals surface area contributed by atoms with Crippen molar-refractivity contribution in [2.45, 2.75) is 6.92 Å². The molecule has 0 aliphatic rings. The van der Waals surface area contributed by atoms with Crippen molar-refractivity contribution < 1.29 is 26.5 Å². The third kappa shape index (κ3) is 2.21. The van der Waals surface area contributed by atoms with Crippen molar-refractivity contribution in [1.29, 1.82) is 0 Å². The number of hydrogen-bond donors (Lipinski definition) is 2. The number of methoxy groups -OCH3 is 1. The van der Waals surface area contributed by atoms with Crippen LogP contribution in [0.4, 0.5) is 0 Å². The summed E-state index contributed by atoms with van der Waals surface area (Å²) in [6.07, 6.45) is 0. The van der Waals surface area contributed by atoms with Crippen LogP contribution in [0.2, 0.25) is 0 Å². The summed E-state index contributed by atoms with van der Waals surface area (Å²) in [5, 5.41) is 9.56. The molecule has 0 spiro atoms. The van der Waals surface area contributed by atoms with Gasteiger partial charge in [-0.3, -0.25) is 0 Å². The fourth-order valence-electron chi connectivity index (χ4n) is 1.26. The van der Waals surface area contributed by atoms with E-state index in [9.17, 15) is 17.6 Å². The molecule has 0 unspecified atom stereocenters. The van der Waals surface area contributed by atoms with Crippen LogP contribution in [0.5, 0.6) is 11.5 Å². The molecule has 0 fully saturated rings. The molecule has 0 aliphatic carbocycles. The normalized spacial score (nSPS) is 11.2. The van der Waals surface area contributed by atoms with Crippen LogP contribution in [-0.2, 0) is 7.67 Å². The molecular weight excluding hydrogens is 283 g/mol. The number of aromatic hydroxyl groups is 1. The van der Waals surface area contributed by atoms with Gasteiger partial charge < -0.3 is 0 Å². The minimum absolute atomic E-state index is 0.123. The molecule has 1 aromatic carbocycles. The molecule has 1 rings (SSSR count). The molecule has 16 heavy (non-hydrogen) atoms. The standard InChI is InChI=1S/C9H10O6Se/c1-5(10)6-3-4-7(15-2)8(11)9(6)16(12,13)14/h3-4,11H,1-2H3,(H,12,13,14). The van der Waals surface area contributed by atoms with Crippen molar-refractivity contribution in [2.75, 3.05) is 7.11 Å². The second kappa shape index (κ2) is 4.21. The molecule has 7 heteroatoms. The first kappa shape index (κ1) is 12.6. The summed E-state index contributed by atoms with van der Waals surface area (Å²) in [6, 6.07) is 2.42. The van der Waals surface area contributed by atoms with Crippen molar-refractivity contribution in [2.24, 2.45) is 0 Å². The van der Waals surface area contributed by atoms with Gasteiger partial charge in [-0.1, -0.05) is 0 Å². The molecule has 0 bridgehead atoms. The molecule has 0 aliphatic heterocycles. The molecule has 0 atom stereocenters. The number of hydrogen-bond acceptors (Lipinski definition) is 5. The van der Waals surface area contributed by atoms with Crippen LogP contribution in [0, 0.1) is 0 Å². The molecule has 0 saturated carbocycles. The zero-order chi connectivity index (χ0) is 12.5. The Labute approximate surface area is 93.4 Å². The first-order chi connectivity index (χ1) is 7.29. The molecule has 0 amide bonds. The van der Waals surface area contributed by atoms with Gasteiger partial charge in [0.2, 0.25) is 0 Å². The van der Waals surface area contributed by atoms with Crippen molar-refractivity contribution in [1.82, 2.24) is 0 Å². The van der Waals surface area contributed by atoms with Gasteiger partial charge in [-0.2, -0.15) is 0 Å². The Morgan fingerprint density at radius 3 is 2.31 bits per heavy atom. The Kier molecular flexibility index (Phi) is 3.32. The van der Waals surface area contributed by atoms with Crippen molar-refractivity contribution in [3.8, 4) is 11.5 Å². The molecular formula is C9H10O6Se. The Morgan fingerprint density at radius 1 is 1.38 bits per heavy atom. The van der Waals surface area contributed by atoms with E-state index in [1.54, 1.807) is 0 Å². The number of phenolic OH excluding ortho intramolecular Hbond substituents is 1. The Hall–Kier alpha value is -1.43. The first-order valence-corrected chi connectivity index (χ1v) is 7.19. The number of carbonyl (C=O) groups excluding carboxylic acids is 1. The Bertz CT molecular complexity index is 531. The summed E-state index contributed by atoms with van der Waals surface area (Å²) in [6.45, 7) is 1.13. The zero-order valence-corrected chi connectivity index (χ0v) is 10.3. The number of rotatable bonds is 3. The van der Waals surface area contributed by atoms with E-state index in [0.717, 1.165) is 6.92 Å². The van der Waals surface area contributed by atoms with Gasteiger partial charge in [0.1, 0.15) is 0 Å². The summed E-state index contributed by atoms with van der Waals surface area (Å²) in [7, 11) is 1.23. The predicted molar refractivity (Wildman–Crippen MR) is 53.6 cm³/mol. The van der Waals surface area contributed by atoms with Crippen molar-refractivity contribution in [3.63, 3.8) is 0 Å². The van der Waals surface area contributed by atoms with Crippen LogP contribution in [0.25, 0.3) is 0 Å². The van der Waals surface area contributed by atoms with E-state index in [2.05, 4.69) is 0 Å². The maximum atomic E-state index is 11.1. The van der Waals surface area contributed by atoms with E-state index in [4.69, 9.17) is 8.93 Å². The zero-order valence-electron chi connectivity index (χ0n) is 8.59. The van der Waals surface area contributed by atoms with Gasteiger partial charge in [0, 0.05) is 0 Å². The van der Waals surface area contributed by atoms with Crippen molar-refractivity contribution >= 4 is 23.3 Å². The van der Waals surface area contributed by atoms with Crippen LogP contribution in [0.1, 0.15) is 17.3 Å². The first-order valence-electron chi connectivity index (χ1n) is 4.17. The molecule has 88 valence electrons. The summed E-state index contributed by atoms with van der Waals surface area (Å²) in [5.74, 6) is -1.44. The second-order valence-corrected chi connectivity index (χ2v) is 5.87. The number of carbonyl (C=O) groups is 1. The van der Waals surface area contributed by atoms with Crippen LogP contribution in [0.15, 0.2) is 12.1 Å². The number of benzene rings is 1. The number of phenols is 1. The molecule has 0 radical (unpaired) electrons. The minimum atomic E-state index is -5.47. The molecule has 0 aromatic heterocycles. The third-order valence-electron chi connectivity index (χ3n) is 1.95. The van der Waals surface area contributed by atoms with E-state index in [-0.39, 0.29) is 11.3 Å². The summed E-state index contributed by atoms with van der Waals surface area (Å²) >= 11 is -5.47. The average Bonchev–Trinajstić information content (AvgIpc) is 2.14. The molecule has 1 aromatic rings. The average molecular weight is 293 g/mol. The Morgan fingerprint density at radius 2 is 1.94 bits per heavy atom. The van der Waals surface area contributed by atoms with E-state index < -0.39 is 29.0 Å². The Balaban J connectivity index is 3.70. The van der Waals surface area contributed by atoms with E-state index in [1.807, 2.05) is 0 Å². The van der Waals surface area contributed by atoms with Gasteiger partial charge in [-0.25, -0.2) is 0 Å². The maximum absolute atomic E-state index is 11.1. The summed E-state index contributed by atoms with van der Waals surface area (Å²) in [4.78, 5) is 11.1. The number of ketones is 1. The number of Topliss-reactive ketones (excluding diaryl/α,β-unsaturated/α-hetero) is 1. The van der Waals surface area contributed by atoms with Gasteiger partial charge in [0.05, 0.1) is 0 Å². The van der Waals surface area contributed by atoms with Crippen LogP contribution < -0.4 is 9.20 Å². The fraction of sp³-hybridized carbons (Fsp3) is 0.222. The van der Waals surface area contributed by atoms with E-state index >= 15 is 0 Å². The van der Waals surface area contributed by atoms with Gasteiger partial charge in [-0.15, -0.1) is 0 Å². The number of ether oxygens (including phenoxy) is 1. The summed E-state index contributed by atoms with van der Waals surface area (Å²) < 4.78 is 35.1. The SMILES string of the molecule is COc1ccc(C(C)=O)c([Se](=O)(=O)O)c1O. The fourth-order valence-corrected chi connectivity index (χ4v) is 3.01. The van der Waals surface area contributed by atoms with Gasteiger partial charge in [0.15, 0.2) is 0 Å². The van der Waals surface area contributed by atoms with Gasteiger partial charge in [0.25, 0.3) is 0 Å². The topological polar surface area (TPSA) is 101 Å². The monoisotopic (exact) mass is 294 g/mol.